The molecule has 6 nitrogen and oxygen atoms in total. The number of nitrogens with one attached hydrogen (secondary N) is 2. The molecule has 0 spiro atoms. The van der Waals surface area contributed by atoms with Crippen molar-refractivity contribution in [2.24, 2.45) is 0 Å². The Labute approximate surface area is 162 Å². The van der Waals surface area contributed by atoms with Gasteiger partial charge in [0.25, 0.3) is 0 Å². The zero-order chi connectivity index (χ0) is 18.6. The van der Waals surface area contributed by atoms with Crippen LogP contribution in [0.2, 0.25) is 0 Å². The summed E-state index contributed by atoms with van der Waals surface area (Å²) in [6.45, 7) is 4.21. The molecule has 2 aromatic heterocycles. The first-order valence-electron chi connectivity index (χ1n) is 9.15. The second-order valence-corrected chi connectivity index (χ2v) is 7.69. The molecule has 3 heterocycles. The summed E-state index contributed by atoms with van der Waals surface area (Å²) in [7, 11) is 0. The zero-order valence-electron chi connectivity index (χ0n) is 15.2. The molecule has 0 atom stereocenters. The third-order valence-electron chi connectivity index (χ3n) is 4.80. The number of hydrogen-bond acceptors (Lipinski definition) is 7. The molecule has 0 amide bonds. The van der Waals surface area contributed by atoms with E-state index >= 15 is 0 Å². The summed E-state index contributed by atoms with van der Waals surface area (Å²) in [5, 5.41) is 7.83. The van der Waals surface area contributed by atoms with Gasteiger partial charge in [0, 0.05) is 6.04 Å². The van der Waals surface area contributed by atoms with Gasteiger partial charge in [-0.3, -0.25) is 0 Å². The predicted molar refractivity (Wildman–Crippen MR) is 107 cm³/mol. The molecule has 3 aromatic rings. The molecule has 2 N–H and O–H groups in total. The Morgan fingerprint density at radius 1 is 1.26 bits per heavy atom. The third-order valence-corrected chi connectivity index (χ3v) is 5.98. The van der Waals surface area contributed by atoms with Crippen LogP contribution in [0.4, 0.5) is 5.82 Å². The highest BCUT2D eigenvalue weighted by atomic mass is 32.1. The summed E-state index contributed by atoms with van der Waals surface area (Å²) in [5.74, 6) is 0.495. The van der Waals surface area contributed by atoms with Gasteiger partial charge in [0.2, 0.25) is 0 Å². The maximum Gasteiger partial charge on any atom is 0.349 e. The van der Waals surface area contributed by atoms with Crippen LogP contribution in [0.1, 0.15) is 33.6 Å². The lowest BCUT2D eigenvalue weighted by atomic mass is 10.1. The molecule has 0 saturated carbocycles. The van der Waals surface area contributed by atoms with Gasteiger partial charge in [-0.1, -0.05) is 30.3 Å². The molecule has 140 valence electrons. The van der Waals surface area contributed by atoms with Gasteiger partial charge in [0.1, 0.15) is 28.5 Å². The summed E-state index contributed by atoms with van der Waals surface area (Å²) in [5.41, 5.74) is 1.85. The van der Waals surface area contributed by atoms with Crippen LogP contribution in [0, 0.1) is 6.92 Å². The number of aryl methyl sites for hydroxylation is 1. The van der Waals surface area contributed by atoms with Crippen LogP contribution in [0.3, 0.4) is 0 Å². The number of esters is 1. The summed E-state index contributed by atoms with van der Waals surface area (Å²) in [6, 6.07) is 10.1. The topological polar surface area (TPSA) is 76.1 Å². The van der Waals surface area contributed by atoms with Crippen molar-refractivity contribution in [2.75, 3.05) is 18.4 Å². The number of piperidine rings is 1. The van der Waals surface area contributed by atoms with Crippen molar-refractivity contribution in [2.45, 2.75) is 32.4 Å². The van der Waals surface area contributed by atoms with Gasteiger partial charge >= 0.3 is 5.97 Å². The van der Waals surface area contributed by atoms with Crippen LogP contribution in [-0.4, -0.2) is 35.1 Å². The van der Waals surface area contributed by atoms with Gasteiger partial charge < -0.3 is 15.4 Å². The number of thiophene rings is 1. The summed E-state index contributed by atoms with van der Waals surface area (Å²) < 4.78 is 5.51. The lowest BCUT2D eigenvalue weighted by Crippen LogP contribution is -2.35. The van der Waals surface area contributed by atoms with Gasteiger partial charge in [0.05, 0.1) is 5.39 Å². The number of hydrogen-bond donors (Lipinski definition) is 2. The largest absolute Gasteiger partial charge is 0.457 e. The lowest BCUT2D eigenvalue weighted by molar-refractivity contribution is 0.0478. The van der Waals surface area contributed by atoms with E-state index in [0.29, 0.717) is 10.9 Å². The molecule has 1 aliphatic heterocycles. The fraction of sp³-hybridized carbons (Fsp3) is 0.350. The Hall–Kier alpha value is -2.51. The first kappa shape index (κ1) is 17.9. The van der Waals surface area contributed by atoms with Crippen molar-refractivity contribution in [3.63, 3.8) is 0 Å². The fourth-order valence-electron chi connectivity index (χ4n) is 3.32. The highest BCUT2D eigenvalue weighted by Gasteiger charge is 2.22. The van der Waals surface area contributed by atoms with Crippen LogP contribution >= 0.6 is 11.3 Å². The number of fused-ring (bicyclic) bond motifs is 1. The maximum absolute atomic E-state index is 12.6. The molecular formula is C20H22N4O2S. The van der Waals surface area contributed by atoms with E-state index in [1.807, 2.05) is 37.3 Å². The van der Waals surface area contributed by atoms with E-state index in [1.54, 1.807) is 6.33 Å². The Balaban J connectivity index is 1.56. The fourth-order valence-corrected chi connectivity index (χ4v) is 4.37. The van der Waals surface area contributed by atoms with Crippen LogP contribution in [-0.2, 0) is 11.3 Å². The number of ether oxygens (including phenoxy) is 1. The van der Waals surface area contributed by atoms with Crippen LogP contribution < -0.4 is 10.6 Å². The maximum atomic E-state index is 12.6. The lowest BCUT2D eigenvalue weighted by Gasteiger charge is -2.24. The minimum atomic E-state index is -0.313. The molecule has 4 rings (SSSR count). The molecule has 1 saturated heterocycles. The van der Waals surface area contributed by atoms with E-state index in [2.05, 4.69) is 20.6 Å². The van der Waals surface area contributed by atoms with E-state index in [4.69, 9.17) is 4.74 Å². The molecule has 0 radical (unpaired) electrons. The van der Waals surface area contributed by atoms with Gasteiger partial charge in [-0.05, 0) is 44.0 Å². The standard InChI is InChI=1S/C20H22N4O2S/c1-13-16-18(24-15-7-9-21-10-8-15)22-12-23-19(16)27-17(13)20(25)26-11-14-5-3-2-4-6-14/h2-6,12,15,21H,7-11H2,1H3,(H,22,23,24). The van der Waals surface area contributed by atoms with Crippen molar-refractivity contribution in [1.29, 1.82) is 0 Å². The van der Waals surface area contributed by atoms with Gasteiger partial charge in [-0.2, -0.15) is 0 Å². The molecule has 27 heavy (non-hydrogen) atoms. The number of benzene rings is 1. The predicted octanol–water partition coefficient (Wildman–Crippen LogP) is 3.52. The monoisotopic (exact) mass is 382 g/mol. The van der Waals surface area contributed by atoms with E-state index in [1.165, 1.54) is 11.3 Å². The summed E-state index contributed by atoms with van der Waals surface area (Å²) >= 11 is 1.37. The third kappa shape index (κ3) is 3.94. The average Bonchev–Trinajstić information content (AvgIpc) is 3.05. The van der Waals surface area contributed by atoms with Gasteiger partial charge in [-0.25, -0.2) is 14.8 Å². The van der Waals surface area contributed by atoms with Crippen molar-refractivity contribution in [3.05, 3.63) is 52.7 Å². The summed E-state index contributed by atoms with van der Waals surface area (Å²) in [4.78, 5) is 22.8. The Bertz CT molecular complexity index is 936. The highest BCUT2D eigenvalue weighted by Crippen LogP contribution is 2.34. The smallest absolute Gasteiger partial charge is 0.349 e. The molecule has 7 heteroatoms. The molecule has 0 bridgehead atoms. The molecular weight excluding hydrogens is 360 g/mol. The minimum Gasteiger partial charge on any atom is -0.457 e. The number of rotatable bonds is 5. The Kier molecular flexibility index (Phi) is 5.31. The second-order valence-electron chi connectivity index (χ2n) is 6.69. The van der Waals surface area contributed by atoms with Crippen molar-refractivity contribution >= 4 is 33.3 Å². The van der Waals surface area contributed by atoms with Crippen molar-refractivity contribution in [3.8, 4) is 0 Å². The number of carbonyl (C=O) groups is 1. The van der Waals surface area contributed by atoms with E-state index in [-0.39, 0.29) is 12.6 Å². The van der Waals surface area contributed by atoms with Crippen LogP contribution in [0.25, 0.3) is 10.2 Å². The molecule has 1 aromatic carbocycles. The molecule has 0 unspecified atom stereocenters. The molecule has 1 fully saturated rings. The van der Waals surface area contributed by atoms with E-state index in [9.17, 15) is 4.79 Å². The number of nitrogens with zero attached hydrogens (tertiary/aromatic N) is 2. The SMILES string of the molecule is Cc1c(C(=O)OCc2ccccc2)sc2ncnc(NC3CCNCC3)c12. The number of carbonyl (C=O) groups excluding carboxylic acids is 1. The number of anilines is 1. The Morgan fingerprint density at radius 2 is 2.04 bits per heavy atom. The Morgan fingerprint density at radius 3 is 2.81 bits per heavy atom. The minimum absolute atomic E-state index is 0.263. The highest BCUT2D eigenvalue weighted by molar-refractivity contribution is 7.20. The van der Waals surface area contributed by atoms with Crippen molar-refractivity contribution in [1.82, 2.24) is 15.3 Å². The van der Waals surface area contributed by atoms with Gasteiger partial charge in [0.15, 0.2) is 0 Å². The summed E-state index contributed by atoms with van der Waals surface area (Å²) in [6.07, 6.45) is 3.67. The van der Waals surface area contributed by atoms with Crippen LogP contribution in [0.5, 0.6) is 0 Å². The van der Waals surface area contributed by atoms with Gasteiger partial charge in [-0.15, -0.1) is 11.3 Å². The average molecular weight is 382 g/mol. The quantitative estimate of drug-likeness (QED) is 0.658. The van der Waals surface area contributed by atoms with Crippen LogP contribution in [0.15, 0.2) is 36.7 Å². The van der Waals surface area contributed by atoms with E-state index in [0.717, 1.165) is 53.1 Å². The normalized spacial score (nSPS) is 15.0. The number of aromatic nitrogens is 2. The zero-order valence-corrected chi connectivity index (χ0v) is 16.0. The molecule has 1 aliphatic rings. The van der Waals surface area contributed by atoms with Crippen molar-refractivity contribution < 1.29 is 9.53 Å². The van der Waals surface area contributed by atoms with E-state index < -0.39 is 0 Å². The first-order valence-corrected chi connectivity index (χ1v) is 9.96. The first-order chi connectivity index (χ1) is 13.2. The second kappa shape index (κ2) is 8.02. The molecule has 0 aliphatic carbocycles.